The normalized spacial score (nSPS) is 15.4. The molecule has 0 saturated carbocycles. The predicted octanol–water partition coefficient (Wildman–Crippen LogP) is 5.43. The zero-order valence-electron chi connectivity index (χ0n) is 39.2. The van der Waals surface area contributed by atoms with E-state index in [1.165, 1.54) is 18.1 Å². The number of aromatic amines is 1. The first kappa shape index (κ1) is 64.0. The van der Waals surface area contributed by atoms with Crippen LogP contribution in [-0.2, 0) is 16.2 Å². The van der Waals surface area contributed by atoms with Gasteiger partial charge in [0.15, 0.2) is 0 Å². The second-order valence-electron chi connectivity index (χ2n) is 14.7. The smallest absolute Gasteiger partial charge is 1.00 e. The molecule has 2 aliphatic heterocycles. The molecule has 2 fully saturated rings. The first-order chi connectivity index (χ1) is 32.0. The molecule has 2 aromatic heterocycles. The summed E-state index contributed by atoms with van der Waals surface area (Å²) in [5, 5.41) is 19.9. The van der Waals surface area contributed by atoms with Gasteiger partial charge in [-0.25, -0.2) is 9.97 Å². The van der Waals surface area contributed by atoms with E-state index >= 15 is 0 Å². The predicted molar refractivity (Wildman–Crippen MR) is 269 cm³/mol. The van der Waals surface area contributed by atoms with Gasteiger partial charge < -0.3 is 30.9 Å². The maximum atomic E-state index is 8.64. The first-order valence-electron chi connectivity index (χ1n) is 20.9. The average Bonchev–Trinajstić information content (AvgIpc) is 4.09. The van der Waals surface area contributed by atoms with E-state index in [-0.39, 0.29) is 158 Å². The number of piperazine rings is 2. The number of aryl methyl sites for hydroxylation is 1. The fraction of sp³-hybridized carbons (Fsp3) is 0.319. The number of rotatable bonds is 12. The average molecular weight is 1300 g/mol. The van der Waals surface area contributed by atoms with E-state index < -0.39 is 0 Å². The summed E-state index contributed by atoms with van der Waals surface area (Å²) in [6.45, 7) is 9.93. The summed E-state index contributed by atoms with van der Waals surface area (Å²) in [6, 6.07) is 29.8. The number of carbonyl (C=O) groups is 1. The number of H-pyrrole nitrogens is 1. The Hall–Kier alpha value is -0.126. The number of imidazole rings is 2. The standard InChI is InChI=1S/C22H23Cl3N4.C19H20Cl4N2.C3H4N2.C2H3N.CH2O3.2Cs.H/c23-18-4-2-17(3-5-18)22-15-27(9-1-10-28-11-8-26-16-28)12-13-29(22)21-7-6-19(24)14-20(21)25;20-8-1-9-24-10-11-25(18-7-6-16(22)12-17(18)23)19(13-24)14-2-4-15(21)5-3-14;1-2-5-3-4-1;1-2-3;2-1-4-3;;;/h2-8,11,14,16,22H,1,9-10,12-13,15H2;2-7,12,19H,1,8-11,13H2;1-3H,(H,4,5);1H3;1,3H;;;/q;;;;;2*+1;-1/p-1/t22-;19-;;;;;;/m00....../s1. The van der Waals surface area contributed by atoms with Crippen LogP contribution < -0.4 is 153 Å². The van der Waals surface area contributed by atoms with Crippen LogP contribution >= 0.6 is 81.2 Å². The Morgan fingerprint density at radius 2 is 1.18 bits per heavy atom. The van der Waals surface area contributed by atoms with Crippen molar-refractivity contribution in [2.75, 3.05) is 68.0 Å². The molecule has 68 heavy (non-hydrogen) atoms. The third-order valence-corrected chi connectivity index (χ3v) is 12.2. The fourth-order valence-corrected chi connectivity index (χ4v) is 8.83. The van der Waals surface area contributed by atoms with Crippen LogP contribution in [0.1, 0.15) is 44.4 Å². The number of carbonyl (C=O) groups excluding carboxylic acids is 1. The van der Waals surface area contributed by atoms with Crippen molar-refractivity contribution in [3.05, 3.63) is 164 Å². The van der Waals surface area contributed by atoms with Gasteiger partial charge in [-0.05, 0) is 91.2 Å². The van der Waals surface area contributed by atoms with Crippen molar-refractivity contribution in [3.63, 3.8) is 0 Å². The van der Waals surface area contributed by atoms with Crippen LogP contribution in [0, 0.1) is 11.3 Å². The van der Waals surface area contributed by atoms with Crippen molar-refractivity contribution in [2.24, 2.45) is 0 Å². The molecule has 2 saturated heterocycles. The molecule has 12 nitrogen and oxygen atoms in total. The first-order valence-corrected chi connectivity index (χ1v) is 23.7. The summed E-state index contributed by atoms with van der Waals surface area (Å²) in [5.41, 5.74) is 4.50. The van der Waals surface area contributed by atoms with Gasteiger partial charge in [0, 0.05) is 110 Å². The number of nitrogens with one attached hydrogen (secondary N) is 1. The molecule has 0 bridgehead atoms. The molecule has 0 aliphatic carbocycles. The Bertz CT molecular complexity index is 2310. The van der Waals surface area contributed by atoms with Gasteiger partial charge in [-0.15, -0.1) is 11.6 Å². The summed E-state index contributed by atoms with van der Waals surface area (Å²) in [7, 11) is 0. The van der Waals surface area contributed by atoms with E-state index in [0.29, 0.717) is 26.0 Å². The quantitative estimate of drug-likeness (QED) is 0.0733. The van der Waals surface area contributed by atoms with Crippen molar-refractivity contribution in [1.82, 2.24) is 29.3 Å². The van der Waals surface area contributed by atoms with E-state index in [1.54, 1.807) is 30.9 Å². The molecule has 21 heteroatoms. The molecular weight excluding hydrogens is 1250 g/mol. The molecule has 0 amide bonds. The zero-order valence-corrected chi connectivity index (χ0v) is 56.1. The number of halogens is 7. The van der Waals surface area contributed by atoms with E-state index in [2.05, 4.69) is 68.3 Å². The Morgan fingerprint density at radius 1 is 0.721 bits per heavy atom. The maximum absolute atomic E-state index is 8.64. The molecule has 6 aromatic rings. The number of hydrogen-bond acceptors (Lipinski definition) is 10. The Morgan fingerprint density at radius 3 is 1.53 bits per heavy atom. The van der Waals surface area contributed by atoms with E-state index in [4.69, 9.17) is 96.5 Å². The summed E-state index contributed by atoms with van der Waals surface area (Å²) in [5.74, 6) is 0.689. The molecule has 1 N–H and O–H groups in total. The van der Waals surface area contributed by atoms with E-state index in [1.807, 2.05) is 73.3 Å². The van der Waals surface area contributed by atoms with Gasteiger partial charge in [0.25, 0.3) is 6.47 Å². The molecule has 4 heterocycles. The van der Waals surface area contributed by atoms with Gasteiger partial charge in [0.05, 0.1) is 52.2 Å². The minimum Gasteiger partial charge on any atom is -1.00 e. The number of anilines is 2. The SMILES string of the molecule is CC#N.ClCCCN1CCN(c2ccc(Cl)cc2Cl)[C@H](c2ccc(Cl)cc2)C1.Clc1ccc([C@@H]2CN(CCCn3ccnc3)CCN2c2ccc(Cl)cc2Cl)cc1.O=CO[O-].[Cs+].[Cs+].[H-].c1c[nH]cn1. The molecule has 2 aliphatic rings. The van der Waals surface area contributed by atoms with Gasteiger partial charge in [-0.3, -0.25) is 14.6 Å². The third-order valence-electron chi connectivity index (χ3n) is 10.4. The molecule has 0 unspecified atom stereocenters. The number of hydrogen-bond donors (Lipinski definition) is 1. The summed E-state index contributed by atoms with van der Waals surface area (Å²) in [4.78, 5) is 31.5. The van der Waals surface area contributed by atoms with Crippen molar-refractivity contribution < 1.29 is 154 Å². The van der Waals surface area contributed by atoms with Gasteiger partial charge in [0.1, 0.15) is 0 Å². The van der Waals surface area contributed by atoms with Crippen LogP contribution in [0.25, 0.3) is 0 Å². The van der Waals surface area contributed by atoms with Gasteiger partial charge in [-0.1, -0.05) is 93.9 Å². The van der Waals surface area contributed by atoms with Gasteiger partial charge in [-0.2, -0.15) is 5.26 Å². The number of nitrogens with zero attached hydrogens (tertiary/aromatic N) is 8. The fourth-order valence-electron chi connectivity index (χ4n) is 7.43. The van der Waals surface area contributed by atoms with E-state index in [0.717, 1.165) is 93.2 Å². The van der Waals surface area contributed by atoms with Crippen molar-refractivity contribution in [2.45, 2.75) is 38.4 Å². The summed E-state index contributed by atoms with van der Waals surface area (Å²) in [6.07, 6.45) is 12.9. The van der Waals surface area contributed by atoms with Crippen LogP contribution in [0.3, 0.4) is 0 Å². The molecular formula is C47H52Cl7Cs2N9O3. The van der Waals surface area contributed by atoms with Crippen LogP contribution in [0.5, 0.6) is 0 Å². The zero-order chi connectivity index (χ0) is 47.7. The number of aromatic nitrogens is 4. The van der Waals surface area contributed by atoms with Crippen LogP contribution in [0.4, 0.5) is 11.4 Å². The third kappa shape index (κ3) is 22.6. The number of alkyl halides is 1. The second-order valence-corrected chi connectivity index (χ2v) is 17.6. The molecule has 0 radical (unpaired) electrons. The van der Waals surface area contributed by atoms with Gasteiger partial charge in [0.2, 0.25) is 0 Å². The molecule has 2 atom stereocenters. The largest absolute Gasteiger partial charge is 1.00 e. The molecule has 354 valence electrons. The Kier molecular flexibility index (Phi) is 34.6. The molecule has 4 aromatic carbocycles. The summed E-state index contributed by atoms with van der Waals surface area (Å²) < 4.78 is 2.13. The van der Waals surface area contributed by atoms with Crippen molar-refractivity contribution in [3.8, 4) is 6.07 Å². The van der Waals surface area contributed by atoms with E-state index in [9.17, 15) is 0 Å². The van der Waals surface area contributed by atoms with Crippen LogP contribution in [-0.4, -0.2) is 94.0 Å². The monoisotopic (exact) mass is 1300 g/mol. The Balaban J connectivity index is 0.000000541. The van der Waals surface area contributed by atoms with Crippen LogP contribution in [0.15, 0.2) is 122 Å². The van der Waals surface area contributed by atoms with Crippen molar-refractivity contribution >= 4 is 99.1 Å². The van der Waals surface area contributed by atoms with Crippen molar-refractivity contribution in [1.29, 1.82) is 5.26 Å². The van der Waals surface area contributed by atoms with Crippen LogP contribution in [0.2, 0.25) is 30.1 Å². The topological polar surface area (TPSA) is 133 Å². The maximum Gasteiger partial charge on any atom is 1.00 e. The summed E-state index contributed by atoms with van der Waals surface area (Å²) >= 11 is 43.3. The second kappa shape index (κ2) is 36.7. The minimum absolute atomic E-state index is 0. The Labute approximate surface area is 554 Å². The van der Waals surface area contributed by atoms with Gasteiger partial charge >= 0.3 is 138 Å². The molecule has 0 spiro atoms. The minimum atomic E-state index is -0.181. The number of nitriles is 1. The number of benzene rings is 4. The molecule has 8 rings (SSSR count).